The SMILES string of the molecule is CCn1c(SC2CCC(C#N)(NC)C2)n[nH]c1=O. The number of nitrogens with one attached hydrogen (secondary N) is 2. The highest BCUT2D eigenvalue weighted by Crippen LogP contribution is 2.38. The predicted octanol–water partition coefficient (Wildman–Crippen LogP) is 0.718. The monoisotopic (exact) mass is 267 g/mol. The predicted molar refractivity (Wildman–Crippen MR) is 69.4 cm³/mol. The summed E-state index contributed by atoms with van der Waals surface area (Å²) in [5.74, 6) is 0. The van der Waals surface area contributed by atoms with Crippen molar-refractivity contribution >= 4 is 11.8 Å². The van der Waals surface area contributed by atoms with Crippen molar-refractivity contribution in [2.24, 2.45) is 0 Å². The molecule has 18 heavy (non-hydrogen) atoms. The first-order valence-electron chi connectivity index (χ1n) is 6.06. The fourth-order valence-electron chi connectivity index (χ4n) is 2.31. The zero-order valence-electron chi connectivity index (χ0n) is 10.6. The number of H-pyrrole nitrogens is 1. The molecule has 0 aliphatic heterocycles. The number of nitrogens with zero attached hydrogens (tertiary/aromatic N) is 3. The third kappa shape index (κ3) is 2.31. The zero-order chi connectivity index (χ0) is 13.2. The first-order chi connectivity index (χ1) is 8.64. The molecule has 1 saturated carbocycles. The van der Waals surface area contributed by atoms with Crippen LogP contribution in [0.1, 0.15) is 26.2 Å². The van der Waals surface area contributed by atoms with Crippen LogP contribution >= 0.6 is 11.8 Å². The average Bonchev–Trinajstić information content (AvgIpc) is 2.95. The van der Waals surface area contributed by atoms with Crippen molar-refractivity contribution in [1.29, 1.82) is 5.26 Å². The van der Waals surface area contributed by atoms with E-state index in [1.165, 1.54) is 0 Å². The molecule has 0 amide bonds. The molecule has 98 valence electrons. The largest absolute Gasteiger partial charge is 0.343 e. The number of hydrogen-bond donors (Lipinski definition) is 2. The van der Waals surface area contributed by atoms with Gasteiger partial charge in [-0.05, 0) is 33.2 Å². The second kappa shape index (κ2) is 5.16. The van der Waals surface area contributed by atoms with E-state index in [2.05, 4.69) is 21.6 Å². The summed E-state index contributed by atoms with van der Waals surface area (Å²) in [6.45, 7) is 2.53. The summed E-state index contributed by atoms with van der Waals surface area (Å²) in [6, 6.07) is 2.36. The highest BCUT2D eigenvalue weighted by Gasteiger charge is 2.39. The molecule has 2 N–H and O–H groups in total. The number of rotatable bonds is 4. The molecule has 0 radical (unpaired) electrons. The standard InChI is InChI=1S/C11H17N5OS/c1-3-16-9(17)14-15-10(16)18-8-4-5-11(6-8,7-12)13-2/h8,13H,3-6H2,1-2H3,(H,14,17). The van der Waals surface area contributed by atoms with E-state index >= 15 is 0 Å². The van der Waals surface area contributed by atoms with Crippen LogP contribution in [0, 0.1) is 11.3 Å². The van der Waals surface area contributed by atoms with Crippen LogP contribution in [0.4, 0.5) is 0 Å². The van der Waals surface area contributed by atoms with Gasteiger partial charge in [-0.3, -0.25) is 4.57 Å². The molecule has 1 aromatic rings. The second-order valence-corrected chi connectivity index (χ2v) is 5.75. The molecule has 1 aliphatic carbocycles. The van der Waals surface area contributed by atoms with E-state index in [1.807, 2.05) is 14.0 Å². The summed E-state index contributed by atoms with van der Waals surface area (Å²) in [7, 11) is 1.83. The summed E-state index contributed by atoms with van der Waals surface area (Å²) in [5.41, 5.74) is -0.580. The van der Waals surface area contributed by atoms with Gasteiger partial charge in [-0.15, -0.1) is 5.10 Å². The van der Waals surface area contributed by atoms with E-state index in [-0.39, 0.29) is 5.69 Å². The van der Waals surface area contributed by atoms with Crippen LogP contribution in [0.25, 0.3) is 0 Å². The molecule has 0 aromatic carbocycles. The van der Waals surface area contributed by atoms with Crippen LogP contribution in [0.2, 0.25) is 0 Å². The molecule has 0 bridgehead atoms. The van der Waals surface area contributed by atoms with Crippen molar-refractivity contribution in [2.45, 2.75) is 48.7 Å². The van der Waals surface area contributed by atoms with Crippen molar-refractivity contribution in [3.8, 4) is 6.07 Å². The Hall–Kier alpha value is -1.26. The van der Waals surface area contributed by atoms with E-state index in [4.69, 9.17) is 0 Å². The molecular weight excluding hydrogens is 250 g/mol. The number of aromatic nitrogens is 3. The average molecular weight is 267 g/mol. The number of hydrogen-bond acceptors (Lipinski definition) is 5. The lowest BCUT2D eigenvalue weighted by molar-refractivity contribution is 0.464. The lowest BCUT2D eigenvalue weighted by atomic mass is 10.0. The maximum atomic E-state index is 11.5. The summed E-state index contributed by atoms with van der Waals surface area (Å²) in [6.07, 6.45) is 2.59. The Labute approximate surface area is 110 Å². The van der Waals surface area contributed by atoms with Gasteiger partial charge in [0.25, 0.3) is 0 Å². The van der Waals surface area contributed by atoms with Gasteiger partial charge in [-0.2, -0.15) is 5.26 Å². The summed E-state index contributed by atoms with van der Waals surface area (Å²) >= 11 is 1.59. The Kier molecular flexibility index (Phi) is 3.78. The van der Waals surface area contributed by atoms with E-state index in [1.54, 1.807) is 16.3 Å². The summed E-state index contributed by atoms with van der Waals surface area (Å²) in [4.78, 5) is 11.5. The molecule has 0 saturated heterocycles. The van der Waals surface area contributed by atoms with Crippen LogP contribution in [0.15, 0.2) is 9.95 Å². The van der Waals surface area contributed by atoms with Crippen LogP contribution < -0.4 is 11.0 Å². The lowest BCUT2D eigenvalue weighted by Gasteiger charge is -2.19. The Morgan fingerprint density at radius 2 is 2.56 bits per heavy atom. The number of nitriles is 1. The Morgan fingerprint density at radius 1 is 1.78 bits per heavy atom. The molecule has 6 nitrogen and oxygen atoms in total. The summed E-state index contributed by atoms with van der Waals surface area (Å²) in [5, 5.41) is 19.9. The minimum Gasteiger partial charge on any atom is -0.302 e. The molecule has 2 rings (SSSR count). The molecule has 2 unspecified atom stereocenters. The highest BCUT2D eigenvalue weighted by molar-refractivity contribution is 7.99. The van der Waals surface area contributed by atoms with Crippen LogP contribution in [0.5, 0.6) is 0 Å². The van der Waals surface area contributed by atoms with Gasteiger partial charge in [0.15, 0.2) is 5.16 Å². The maximum Gasteiger partial charge on any atom is 0.343 e. The topological polar surface area (TPSA) is 86.5 Å². The Morgan fingerprint density at radius 3 is 3.11 bits per heavy atom. The maximum absolute atomic E-state index is 11.5. The fraction of sp³-hybridized carbons (Fsp3) is 0.727. The smallest absolute Gasteiger partial charge is 0.302 e. The number of thioether (sulfide) groups is 1. The zero-order valence-corrected chi connectivity index (χ0v) is 11.4. The van der Waals surface area contributed by atoms with Gasteiger partial charge in [0.2, 0.25) is 0 Å². The first-order valence-corrected chi connectivity index (χ1v) is 6.94. The number of aromatic amines is 1. The van der Waals surface area contributed by atoms with Crippen LogP contribution in [-0.2, 0) is 6.54 Å². The molecule has 1 heterocycles. The van der Waals surface area contributed by atoms with Crippen molar-refractivity contribution in [2.75, 3.05) is 7.05 Å². The lowest BCUT2D eigenvalue weighted by Crippen LogP contribution is -2.38. The molecule has 7 heteroatoms. The third-order valence-electron chi connectivity index (χ3n) is 3.47. The molecule has 1 fully saturated rings. The molecule has 0 spiro atoms. The fourth-order valence-corrected chi connectivity index (χ4v) is 3.65. The normalized spacial score (nSPS) is 27.3. The molecular formula is C11H17N5OS. The van der Waals surface area contributed by atoms with Crippen LogP contribution in [-0.4, -0.2) is 32.6 Å². The van der Waals surface area contributed by atoms with Crippen molar-refractivity contribution in [1.82, 2.24) is 20.1 Å². The van der Waals surface area contributed by atoms with Gasteiger partial charge in [-0.25, -0.2) is 9.89 Å². The van der Waals surface area contributed by atoms with Gasteiger partial charge in [-0.1, -0.05) is 11.8 Å². The van der Waals surface area contributed by atoms with Gasteiger partial charge in [0.05, 0.1) is 6.07 Å². The second-order valence-electron chi connectivity index (χ2n) is 4.48. The van der Waals surface area contributed by atoms with Crippen molar-refractivity contribution < 1.29 is 0 Å². The van der Waals surface area contributed by atoms with Crippen molar-refractivity contribution in [3.05, 3.63) is 10.5 Å². The molecule has 1 aliphatic rings. The van der Waals surface area contributed by atoms with Crippen LogP contribution in [0.3, 0.4) is 0 Å². The first kappa shape index (κ1) is 13.2. The van der Waals surface area contributed by atoms with Gasteiger partial charge < -0.3 is 5.32 Å². The van der Waals surface area contributed by atoms with Gasteiger partial charge in [0, 0.05) is 11.8 Å². The van der Waals surface area contributed by atoms with Crippen molar-refractivity contribution in [3.63, 3.8) is 0 Å². The van der Waals surface area contributed by atoms with E-state index in [0.29, 0.717) is 11.8 Å². The van der Waals surface area contributed by atoms with E-state index in [9.17, 15) is 10.1 Å². The Bertz CT molecular complexity index is 516. The quantitative estimate of drug-likeness (QED) is 0.839. The van der Waals surface area contributed by atoms with Gasteiger partial charge in [0.1, 0.15) is 5.54 Å². The minimum absolute atomic E-state index is 0.168. The van der Waals surface area contributed by atoms with Gasteiger partial charge >= 0.3 is 5.69 Å². The molecule has 1 aromatic heterocycles. The Balaban J connectivity index is 2.08. The minimum atomic E-state index is -0.411. The highest BCUT2D eigenvalue weighted by atomic mass is 32.2. The molecule has 2 atom stereocenters. The summed E-state index contributed by atoms with van der Waals surface area (Å²) < 4.78 is 1.62. The third-order valence-corrected chi connectivity index (χ3v) is 4.73. The van der Waals surface area contributed by atoms with E-state index < -0.39 is 5.54 Å². The van der Waals surface area contributed by atoms with E-state index in [0.717, 1.165) is 24.4 Å².